The molecule has 3 rings (SSSR count). The molecular formula is C12H13N3O2. The molecule has 0 amide bonds. The first-order valence-electron chi connectivity index (χ1n) is 5.60. The Hall–Kier alpha value is -1.88. The number of nitrogens with zero attached hydrogens (tertiary/aromatic N) is 2. The average Bonchev–Trinajstić information content (AvgIpc) is 2.87. The van der Waals surface area contributed by atoms with Crippen LogP contribution in [0.2, 0.25) is 0 Å². The summed E-state index contributed by atoms with van der Waals surface area (Å²) >= 11 is 0. The molecule has 2 N–H and O–H groups in total. The van der Waals surface area contributed by atoms with Crippen molar-refractivity contribution in [3.8, 4) is 5.75 Å². The van der Waals surface area contributed by atoms with E-state index >= 15 is 0 Å². The van der Waals surface area contributed by atoms with E-state index in [1.54, 1.807) is 0 Å². The third-order valence-electron chi connectivity index (χ3n) is 2.90. The highest BCUT2D eigenvalue weighted by Gasteiger charge is 2.25. The van der Waals surface area contributed by atoms with Crippen molar-refractivity contribution in [1.29, 1.82) is 0 Å². The van der Waals surface area contributed by atoms with E-state index in [1.165, 1.54) is 5.56 Å². The molecule has 0 saturated heterocycles. The Morgan fingerprint density at radius 1 is 1.35 bits per heavy atom. The lowest BCUT2D eigenvalue weighted by molar-refractivity contribution is 0.253. The molecule has 1 unspecified atom stereocenters. The molecule has 1 aliphatic rings. The zero-order chi connectivity index (χ0) is 11.7. The van der Waals surface area contributed by atoms with E-state index < -0.39 is 0 Å². The number of hydrogen-bond acceptors (Lipinski definition) is 5. The SMILES string of the molecule is NCc1nc(C2COc3ccccc3C2)no1. The van der Waals surface area contributed by atoms with Crippen LogP contribution < -0.4 is 10.5 Å². The van der Waals surface area contributed by atoms with Gasteiger partial charge in [0.25, 0.3) is 0 Å². The molecular weight excluding hydrogens is 218 g/mol. The minimum atomic E-state index is 0.147. The fourth-order valence-corrected chi connectivity index (χ4v) is 2.01. The van der Waals surface area contributed by atoms with E-state index in [0.717, 1.165) is 12.2 Å². The van der Waals surface area contributed by atoms with Gasteiger partial charge in [-0.2, -0.15) is 4.98 Å². The monoisotopic (exact) mass is 231 g/mol. The molecule has 5 heteroatoms. The Bertz CT molecular complexity index is 524. The zero-order valence-electron chi connectivity index (χ0n) is 9.30. The van der Waals surface area contributed by atoms with Gasteiger partial charge >= 0.3 is 0 Å². The third-order valence-corrected chi connectivity index (χ3v) is 2.90. The van der Waals surface area contributed by atoms with Crippen LogP contribution in [0.3, 0.4) is 0 Å². The highest BCUT2D eigenvalue weighted by molar-refractivity contribution is 5.36. The third kappa shape index (κ3) is 1.89. The number of nitrogens with two attached hydrogens (primary N) is 1. The Morgan fingerprint density at radius 2 is 2.24 bits per heavy atom. The predicted molar refractivity (Wildman–Crippen MR) is 60.6 cm³/mol. The van der Waals surface area contributed by atoms with Gasteiger partial charge in [0.2, 0.25) is 5.89 Å². The second kappa shape index (κ2) is 4.18. The molecule has 1 atom stereocenters. The number of aromatic nitrogens is 2. The van der Waals surface area contributed by atoms with Gasteiger partial charge in [0, 0.05) is 0 Å². The maximum Gasteiger partial charge on any atom is 0.240 e. The highest BCUT2D eigenvalue weighted by atomic mass is 16.5. The first-order valence-corrected chi connectivity index (χ1v) is 5.60. The number of fused-ring (bicyclic) bond motifs is 1. The van der Waals surface area contributed by atoms with Gasteiger partial charge < -0.3 is 15.0 Å². The lowest BCUT2D eigenvalue weighted by Gasteiger charge is -2.22. The lowest BCUT2D eigenvalue weighted by atomic mass is 9.96. The fraction of sp³-hybridized carbons (Fsp3) is 0.333. The molecule has 1 aromatic carbocycles. The summed E-state index contributed by atoms with van der Waals surface area (Å²) in [5.74, 6) is 2.25. The van der Waals surface area contributed by atoms with Crippen LogP contribution in [0.5, 0.6) is 5.75 Å². The summed E-state index contributed by atoms with van der Waals surface area (Å²) in [4.78, 5) is 4.24. The molecule has 0 radical (unpaired) electrons. The lowest BCUT2D eigenvalue weighted by Crippen LogP contribution is -2.20. The van der Waals surface area contributed by atoms with Gasteiger partial charge in [-0.15, -0.1) is 0 Å². The molecule has 2 heterocycles. The Balaban J connectivity index is 1.84. The van der Waals surface area contributed by atoms with Gasteiger partial charge in [-0.1, -0.05) is 23.4 Å². The van der Waals surface area contributed by atoms with Crippen LogP contribution in [0.15, 0.2) is 28.8 Å². The van der Waals surface area contributed by atoms with Crippen LogP contribution in [-0.4, -0.2) is 16.7 Å². The highest BCUT2D eigenvalue weighted by Crippen LogP contribution is 2.30. The quantitative estimate of drug-likeness (QED) is 0.841. The maximum atomic E-state index is 5.68. The number of hydrogen-bond donors (Lipinski definition) is 1. The van der Waals surface area contributed by atoms with E-state index in [4.69, 9.17) is 15.0 Å². The molecule has 17 heavy (non-hydrogen) atoms. The summed E-state index contributed by atoms with van der Waals surface area (Å²) in [5.41, 5.74) is 6.62. The summed E-state index contributed by atoms with van der Waals surface area (Å²) in [7, 11) is 0. The molecule has 5 nitrogen and oxygen atoms in total. The minimum Gasteiger partial charge on any atom is -0.493 e. The van der Waals surface area contributed by atoms with E-state index in [1.807, 2.05) is 18.2 Å². The van der Waals surface area contributed by atoms with Crippen LogP contribution >= 0.6 is 0 Å². The Labute approximate surface area is 98.6 Å². The average molecular weight is 231 g/mol. The Kier molecular flexibility index (Phi) is 2.53. The van der Waals surface area contributed by atoms with E-state index in [-0.39, 0.29) is 12.5 Å². The predicted octanol–water partition coefficient (Wildman–Crippen LogP) is 1.25. The zero-order valence-corrected chi connectivity index (χ0v) is 9.30. The summed E-state index contributed by atoms with van der Waals surface area (Å²) < 4.78 is 10.7. The van der Waals surface area contributed by atoms with Crippen LogP contribution in [0.25, 0.3) is 0 Å². The first kappa shape index (κ1) is 10.3. The molecule has 88 valence electrons. The van der Waals surface area contributed by atoms with Crippen molar-refractivity contribution in [3.63, 3.8) is 0 Å². The van der Waals surface area contributed by atoms with Gasteiger partial charge in [-0.3, -0.25) is 0 Å². The van der Waals surface area contributed by atoms with E-state index in [0.29, 0.717) is 18.3 Å². The Morgan fingerprint density at radius 3 is 3.06 bits per heavy atom. The van der Waals surface area contributed by atoms with Gasteiger partial charge in [-0.25, -0.2) is 0 Å². The molecule has 0 fully saturated rings. The summed E-state index contributed by atoms with van der Waals surface area (Å²) in [5, 5.41) is 3.94. The van der Waals surface area contributed by atoms with Crippen LogP contribution in [-0.2, 0) is 13.0 Å². The summed E-state index contributed by atoms with van der Waals surface area (Å²) in [6.45, 7) is 0.859. The van der Waals surface area contributed by atoms with E-state index in [2.05, 4.69) is 16.2 Å². The normalized spacial score (nSPS) is 18.5. The van der Waals surface area contributed by atoms with Gasteiger partial charge in [-0.05, 0) is 18.1 Å². The number of benzene rings is 1. The van der Waals surface area contributed by atoms with Crippen molar-refractivity contribution < 1.29 is 9.26 Å². The topological polar surface area (TPSA) is 74.2 Å². The maximum absolute atomic E-state index is 5.68. The molecule has 2 aromatic rings. The van der Waals surface area contributed by atoms with Crippen LogP contribution in [0.1, 0.15) is 23.2 Å². The van der Waals surface area contributed by atoms with Crippen LogP contribution in [0, 0.1) is 0 Å². The van der Waals surface area contributed by atoms with Gasteiger partial charge in [0.15, 0.2) is 5.82 Å². The number of rotatable bonds is 2. The van der Waals surface area contributed by atoms with Crippen molar-refractivity contribution in [3.05, 3.63) is 41.5 Å². The molecule has 0 saturated carbocycles. The molecule has 0 spiro atoms. The van der Waals surface area contributed by atoms with Crippen LogP contribution in [0.4, 0.5) is 0 Å². The second-order valence-electron chi connectivity index (χ2n) is 4.07. The van der Waals surface area contributed by atoms with Crippen molar-refractivity contribution in [2.24, 2.45) is 5.73 Å². The minimum absolute atomic E-state index is 0.147. The number of para-hydroxylation sites is 1. The number of ether oxygens (including phenoxy) is 1. The molecule has 1 aliphatic heterocycles. The standard InChI is InChI=1S/C12H13N3O2/c13-6-11-14-12(15-17-11)9-5-8-3-1-2-4-10(8)16-7-9/h1-4,9H,5-7,13H2. The first-order chi connectivity index (χ1) is 8.36. The van der Waals surface area contributed by atoms with E-state index in [9.17, 15) is 0 Å². The fourth-order valence-electron chi connectivity index (χ4n) is 2.01. The smallest absolute Gasteiger partial charge is 0.240 e. The molecule has 1 aromatic heterocycles. The van der Waals surface area contributed by atoms with Gasteiger partial charge in [0.1, 0.15) is 5.75 Å². The molecule has 0 aliphatic carbocycles. The summed E-state index contributed by atoms with van der Waals surface area (Å²) in [6, 6.07) is 8.02. The van der Waals surface area contributed by atoms with Gasteiger partial charge in [0.05, 0.1) is 19.1 Å². The summed E-state index contributed by atoms with van der Waals surface area (Å²) in [6.07, 6.45) is 0.875. The van der Waals surface area contributed by atoms with Crippen molar-refractivity contribution >= 4 is 0 Å². The van der Waals surface area contributed by atoms with Crippen molar-refractivity contribution in [2.45, 2.75) is 18.9 Å². The molecule has 0 bridgehead atoms. The second-order valence-corrected chi connectivity index (χ2v) is 4.07. The van der Waals surface area contributed by atoms with Crippen molar-refractivity contribution in [2.75, 3.05) is 6.61 Å². The largest absolute Gasteiger partial charge is 0.493 e. The van der Waals surface area contributed by atoms with Crippen molar-refractivity contribution in [1.82, 2.24) is 10.1 Å².